The van der Waals surface area contributed by atoms with Gasteiger partial charge in [0.2, 0.25) is 0 Å². The summed E-state index contributed by atoms with van der Waals surface area (Å²) in [6, 6.07) is 104. The largest absolute Gasteiger partial charge is 0.309 e. The van der Waals surface area contributed by atoms with Gasteiger partial charge in [0.05, 0.1) is 55.8 Å². The minimum Gasteiger partial charge on any atom is -0.309 e. The number of hydrogen-bond acceptors (Lipinski definition) is 1. The molecule has 1 aliphatic carbocycles. The smallest absolute Gasteiger partial charge is 0.0542 e. The molecule has 0 fully saturated rings. The van der Waals surface area contributed by atoms with Crippen molar-refractivity contribution < 1.29 is 0 Å². The van der Waals surface area contributed by atoms with Crippen molar-refractivity contribution in [2.45, 2.75) is 19.3 Å². The van der Waals surface area contributed by atoms with E-state index >= 15 is 0 Å². The Hall–Kier alpha value is -10.4. The Bertz CT molecular complexity index is 4980. The topological polar surface area (TPSA) is 18.0 Å². The molecule has 0 saturated heterocycles. The summed E-state index contributed by atoms with van der Waals surface area (Å²) in [5.74, 6) is 0. The van der Waals surface area contributed by atoms with E-state index in [-0.39, 0.29) is 5.41 Å². The minimum atomic E-state index is -0.305. The van der Waals surface area contributed by atoms with E-state index in [0.717, 1.165) is 28.4 Å². The number of benzene rings is 13. The highest BCUT2D eigenvalue weighted by atomic mass is 15.1. The van der Waals surface area contributed by atoms with Crippen LogP contribution >= 0.6 is 0 Å². The van der Waals surface area contributed by atoms with Gasteiger partial charge in [-0.2, -0.15) is 0 Å². The standard InChI is InChI=1S/C77H52N4/c1-77(2)65-47-50(49-37-41-76-64(46-49)63-30-14-15-31-67(63)78(76)51-20-4-3-5-21-51)36-39-53(65)54-40-38-52(48-66(54)77)79(72-42-44-74(61-24-8-6-22-59(61)72)80-68-32-16-10-26-55(68)56-27-11-17-33-69(56)80)73-43-45-75(62-25-9-7-23-60(62)73)81-70-34-18-12-28-57(70)58-29-13-19-35-71(58)81/h3-48H,1-2H3. The first kappa shape index (κ1) is 45.6. The normalized spacial score (nSPS) is 12.9. The van der Waals surface area contributed by atoms with Gasteiger partial charge < -0.3 is 18.6 Å². The molecule has 0 unspecified atom stereocenters. The molecule has 0 radical (unpaired) electrons. The van der Waals surface area contributed by atoms with Crippen LogP contribution in [0, 0.1) is 0 Å². The lowest BCUT2D eigenvalue weighted by Gasteiger charge is -2.31. The van der Waals surface area contributed by atoms with Crippen molar-refractivity contribution in [3.05, 3.63) is 290 Å². The van der Waals surface area contributed by atoms with Crippen LogP contribution in [0.3, 0.4) is 0 Å². The molecule has 81 heavy (non-hydrogen) atoms. The molecule has 3 heterocycles. The number of hydrogen-bond donors (Lipinski definition) is 0. The van der Waals surface area contributed by atoms with Gasteiger partial charge in [-0.05, 0) is 130 Å². The Morgan fingerprint density at radius 3 is 1.15 bits per heavy atom. The molecule has 4 heteroatoms. The zero-order chi connectivity index (χ0) is 53.5. The molecule has 13 aromatic carbocycles. The van der Waals surface area contributed by atoms with Crippen molar-refractivity contribution in [2.75, 3.05) is 4.90 Å². The van der Waals surface area contributed by atoms with E-state index in [1.54, 1.807) is 0 Å². The van der Waals surface area contributed by atoms with Gasteiger partial charge in [0, 0.05) is 70.7 Å². The predicted octanol–water partition coefficient (Wildman–Crippen LogP) is 20.7. The maximum atomic E-state index is 2.54. The SMILES string of the molecule is CC1(C)c2cc(-c3ccc4c(c3)c3ccccc3n4-c3ccccc3)ccc2-c2ccc(N(c3ccc(-n4c5ccccc5c5ccccc54)c4ccccc34)c3ccc(-n4c5ccccc5c5ccccc54)c4ccccc34)cc21. The molecule has 0 saturated carbocycles. The van der Waals surface area contributed by atoms with Crippen molar-refractivity contribution in [2.24, 2.45) is 0 Å². The number of nitrogens with zero attached hydrogens (tertiary/aromatic N) is 4. The lowest BCUT2D eigenvalue weighted by atomic mass is 9.81. The summed E-state index contributed by atoms with van der Waals surface area (Å²) < 4.78 is 7.31. The zero-order valence-electron chi connectivity index (χ0n) is 44.8. The number of rotatable bonds is 7. The van der Waals surface area contributed by atoms with Crippen molar-refractivity contribution in [1.82, 2.24) is 13.7 Å². The van der Waals surface area contributed by atoms with Crippen LogP contribution in [0.4, 0.5) is 17.1 Å². The zero-order valence-corrected chi connectivity index (χ0v) is 44.8. The van der Waals surface area contributed by atoms with E-state index in [9.17, 15) is 0 Å². The van der Waals surface area contributed by atoms with Gasteiger partial charge in [-0.15, -0.1) is 0 Å². The molecule has 0 amide bonds. The summed E-state index contributed by atoms with van der Waals surface area (Å²) in [5, 5.41) is 12.2. The van der Waals surface area contributed by atoms with Crippen molar-refractivity contribution in [3.8, 4) is 39.3 Å². The van der Waals surface area contributed by atoms with Gasteiger partial charge in [-0.25, -0.2) is 0 Å². The average Bonchev–Trinajstić information content (AvgIpc) is 4.21. The highest BCUT2D eigenvalue weighted by Crippen LogP contribution is 2.53. The van der Waals surface area contributed by atoms with Gasteiger partial charge in [0.15, 0.2) is 0 Å². The van der Waals surface area contributed by atoms with E-state index < -0.39 is 0 Å². The van der Waals surface area contributed by atoms with Crippen molar-refractivity contribution >= 4 is 104 Å². The third-order valence-electron chi connectivity index (χ3n) is 17.8. The second-order valence-electron chi connectivity index (χ2n) is 22.4. The summed E-state index contributed by atoms with van der Waals surface area (Å²) in [4.78, 5) is 2.54. The molecule has 380 valence electrons. The third-order valence-corrected chi connectivity index (χ3v) is 17.8. The van der Waals surface area contributed by atoms with Crippen molar-refractivity contribution in [1.29, 1.82) is 0 Å². The van der Waals surface area contributed by atoms with Crippen LogP contribution in [0.15, 0.2) is 279 Å². The maximum Gasteiger partial charge on any atom is 0.0542 e. The first-order chi connectivity index (χ1) is 40.0. The highest BCUT2D eigenvalue weighted by molar-refractivity contribution is 6.15. The monoisotopic (exact) mass is 1030 g/mol. The number of aromatic nitrogens is 3. The van der Waals surface area contributed by atoms with Crippen LogP contribution in [-0.4, -0.2) is 13.7 Å². The fourth-order valence-electron chi connectivity index (χ4n) is 14.1. The van der Waals surface area contributed by atoms with E-state index in [4.69, 9.17) is 0 Å². The molecule has 0 bridgehead atoms. The van der Waals surface area contributed by atoms with Crippen LogP contribution in [0.2, 0.25) is 0 Å². The third kappa shape index (κ3) is 6.59. The summed E-state index contributed by atoms with van der Waals surface area (Å²) in [6.07, 6.45) is 0. The van der Waals surface area contributed by atoms with Crippen LogP contribution in [0.1, 0.15) is 25.0 Å². The summed E-state index contributed by atoms with van der Waals surface area (Å²) in [7, 11) is 0. The number of anilines is 3. The van der Waals surface area contributed by atoms with Gasteiger partial charge in [-0.1, -0.05) is 196 Å². The Labute approximate surface area is 468 Å². The first-order valence-electron chi connectivity index (χ1n) is 28.2. The molecule has 4 nitrogen and oxygen atoms in total. The molecule has 0 aliphatic heterocycles. The number of fused-ring (bicyclic) bond motifs is 14. The highest BCUT2D eigenvalue weighted by Gasteiger charge is 2.37. The van der Waals surface area contributed by atoms with Gasteiger partial charge >= 0.3 is 0 Å². The summed E-state index contributed by atoms with van der Waals surface area (Å²) in [6.45, 7) is 4.83. The van der Waals surface area contributed by atoms with Crippen LogP contribution in [0.5, 0.6) is 0 Å². The lowest BCUT2D eigenvalue weighted by Crippen LogP contribution is -2.17. The Kier molecular flexibility index (Phi) is 9.73. The van der Waals surface area contributed by atoms with Crippen molar-refractivity contribution in [3.63, 3.8) is 0 Å². The summed E-state index contributed by atoms with van der Waals surface area (Å²) >= 11 is 0. The average molecular weight is 1030 g/mol. The Morgan fingerprint density at radius 1 is 0.272 bits per heavy atom. The van der Waals surface area contributed by atoms with Crippen LogP contribution in [0.25, 0.3) is 126 Å². The molecule has 0 spiro atoms. The van der Waals surface area contributed by atoms with Crippen LogP contribution < -0.4 is 4.90 Å². The van der Waals surface area contributed by atoms with E-state index in [2.05, 4.69) is 312 Å². The number of para-hydroxylation sites is 6. The minimum absolute atomic E-state index is 0.305. The molecule has 16 aromatic rings. The second-order valence-corrected chi connectivity index (χ2v) is 22.4. The second kappa shape index (κ2) is 17.3. The Morgan fingerprint density at radius 2 is 0.642 bits per heavy atom. The van der Waals surface area contributed by atoms with E-state index in [0.29, 0.717) is 0 Å². The van der Waals surface area contributed by atoms with Gasteiger partial charge in [0.25, 0.3) is 0 Å². The first-order valence-corrected chi connectivity index (χ1v) is 28.2. The lowest BCUT2D eigenvalue weighted by molar-refractivity contribution is 0.660. The van der Waals surface area contributed by atoms with Gasteiger partial charge in [0.1, 0.15) is 0 Å². The molecule has 3 aromatic heterocycles. The molecular weight excluding hydrogens is 981 g/mol. The quantitative estimate of drug-likeness (QED) is 0.156. The Balaban J connectivity index is 0.855. The molecular formula is C77H52N4. The van der Waals surface area contributed by atoms with E-state index in [1.165, 1.54) is 126 Å². The molecule has 17 rings (SSSR count). The fraction of sp³-hybridized carbons (Fsp3) is 0.0390. The summed E-state index contributed by atoms with van der Waals surface area (Å²) in [5.41, 5.74) is 21.4. The van der Waals surface area contributed by atoms with E-state index in [1.807, 2.05) is 0 Å². The van der Waals surface area contributed by atoms with Crippen LogP contribution in [-0.2, 0) is 5.41 Å². The maximum absolute atomic E-state index is 2.54. The molecule has 0 N–H and O–H groups in total. The van der Waals surface area contributed by atoms with Gasteiger partial charge in [-0.3, -0.25) is 0 Å². The molecule has 1 aliphatic rings. The predicted molar refractivity (Wildman–Crippen MR) is 342 cm³/mol. The molecule has 0 atom stereocenters. The fourth-order valence-corrected chi connectivity index (χ4v) is 14.1.